The zero-order valence-electron chi connectivity index (χ0n) is 47.2. The molecule has 0 N–H and O–H groups in total. The number of nitrogens with zero attached hydrogens (tertiary/aromatic N) is 1. The van der Waals surface area contributed by atoms with E-state index in [9.17, 15) is 19.0 Å². The lowest BCUT2D eigenvalue weighted by molar-refractivity contribution is -0.870. The standard InChI is InChI=1S/C64H104NO8P/c1-6-8-10-12-14-16-18-20-22-23-24-25-26-27-28-29-30-31-32-33-34-35-36-37-38-39-40-41-43-45-47-49-51-53-55-57-64(67)73-62(61-72-74(68,69)71-59-58-65(3,4)5)60-70-63(66)56-54-52-50-48-46-44-42-21-19-17-15-13-11-9-7-2/h8-11,14-17,20-22,24-25,27-28,30-31,33-34,42,46,48,52,54,62H,6-7,12-13,18-19,23,26,29,32,35-41,43-45,47,49-51,53,55-61H2,1-5H3/b10-8-,11-9-,16-14-,17-15-,22-20-,25-24-,28-27-,31-30-,34-33-,42-21-,48-46-,54-52-. The molecule has 9 nitrogen and oxygen atoms in total. The fourth-order valence-corrected chi connectivity index (χ4v) is 7.79. The van der Waals surface area contributed by atoms with Crippen LogP contribution < -0.4 is 4.89 Å². The van der Waals surface area contributed by atoms with Crippen molar-refractivity contribution < 1.29 is 42.1 Å². The average molecular weight is 1050 g/mol. The predicted molar refractivity (Wildman–Crippen MR) is 314 cm³/mol. The van der Waals surface area contributed by atoms with Crippen LogP contribution in [0.15, 0.2) is 146 Å². The van der Waals surface area contributed by atoms with Gasteiger partial charge in [0.2, 0.25) is 0 Å². The van der Waals surface area contributed by atoms with Crippen molar-refractivity contribution in [3.63, 3.8) is 0 Å². The highest BCUT2D eigenvalue weighted by atomic mass is 31.2. The van der Waals surface area contributed by atoms with Gasteiger partial charge in [0.15, 0.2) is 6.10 Å². The van der Waals surface area contributed by atoms with E-state index in [1.165, 1.54) is 64.2 Å². The van der Waals surface area contributed by atoms with Crippen LogP contribution in [0, 0.1) is 0 Å². The van der Waals surface area contributed by atoms with E-state index in [0.717, 1.165) is 89.9 Å². The molecule has 0 aliphatic heterocycles. The molecule has 0 aliphatic rings. The summed E-state index contributed by atoms with van der Waals surface area (Å²) in [5.41, 5.74) is 0. The molecule has 0 rings (SSSR count). The zero-order valence-corrected chi connectivity index (χ0v) is 48.1. The minimum atomic E-state index is -4.66. The van der Waals surface area contributed by atoms with E-state index in [2.05, 4.69) is 141 Å². The topological polar surface area (TPSA) is 111 Å². The van der Waals surface area contributed by atoms with Crippen molar-refractivity contribution in [3.05, 3.63) is 146 Å². The van der Waals surface area contributed by atoms with Gasteiger partial charge in [-0.05, 0) is 96.3 Å². The van der Waals surface area contributed by atoms with E-state index < -0.39 is 32.5 Å². The van der Waals surface area contributed by atoms with Crippen LogP contribution in [0.25, 0.3) is 0 Å². The SMILES string of the molecule is CC/C=C\C/C=C\C/C=C\C/C=C\C/C=C\C/C=C\C/C=C\CCCCCCCCCCCCCCCC(=O)OC(COC(=O)C/C=C\C/C=C\C/C=C\C/C=C\C/C=C\CC)COP(=O)([O-])OCC[N+](C)(C)C. The second-order valence-electron chi connectivity index (χ2n) is 19.6. The smallest absolute Gasteiger partial charge is 0.309 e. The number of ether oxygens (including phenoxy) is 2. The van der Waals surface area contributed by atoms with Gasteiger partial charge in [-0.25, -0.2) is 0 Å². The summed E-state index contributed by atoms with van der Waals surface area (Å²) < 4.78 is 33.9. The molecule has 0 aromatic rings. The van der Waals surface area contributed by atoms with Gasteiger partial charge >= 0.3 is 11.9 Å². The molecule has 0 fully saturated rings. The highest BCUT2D eigenvalue weighted by Crippen LogP contribution is 2.38. The van der Waals surface area contributed by atoms with Crippen molar-refractivity contribution in [1.82, 2.24) is 0 Å². The van der Waals surface area contributed by atoms with Crippen LogP contribution in [-0.4, -0.2) is 70.0 Å². The van der Waals surface area contributed by atoms with Gasteiger partial charge in [0, 0.05) is 6.42 Å². The number of rotatable bonds is 50. The number of likely N-dealkylation sites (N-methyl/N-ethyl adjacent to an activating group) is 1. The van der Waals surface area contributed by atoms with Crippen molar-refractivity contribution in [3.8, 4) is 0 Å². The minimum absolute atomic E-state index is 0.0373. The molecule has 2 unspecified atom stereocenters. The van der Waals surface area contributed by atoms with Crippen molar-refractivity contribution in [2.75, 3.05) is 47.5 Å². The molecule has 418 valence electrons. The Morgan fingerprint density at radius 3 is 1.15 bits per heavy atom. The van der Waals surface area contributed by atoms with Crippen molar-refractivity contribution in [2.45, 2.75) is 200 Å². The number of phosphoric acid groups is 1. The maximum absolute atomic E-state index is 12.8. The molecule has 0 saturated carbocycles. The van der Waals surface area contributed by atoms with Gasteiger partial charge in [-0.1, -0.05) is 230 Å². The van der Waals surface area contributed by atoms with Crippen molar-refractivity contribution in [1.29, 1.82) is 0 Å². The molecular weight excluding hydrogens is 942 g/mol. The molecule has 10 heteroatoms. The number of unbranched alkanes of at least 4 members (excludes halogenated alkanes) is 13. The molecular formula is C64H104NO8P. The van der Waals surface area contributed by atoms with E-state index >= 15 is 0 Å². The summed E-state index contributed by atoms with van der Waals surface area (Å²) in [5.74, 6) is -0.993. The van der Waals surface area contributed by atoms with E-state index in [4.69, 9.17) is 18.5 Å². The summed E-state index contributed by atoms with van der Waals surface area (Å²) in [6.07, 6.45) is 79.4. The molecule has 0 saturated heterocycles. The highest BCUT2D eigenvalue weighted by Gasteiger charge is 2.21. The summed E-state index contributed by atoms with van der Waals surface area (Å²) in [5, 5.41) is 0. The zero-order chi connectivity index (χ0) is 54.2. The lowest BCUT2D eigenvalue weighted by Gasteiger charge is -2.28. The van der Waals surface area contributed by atoms with Crippen LogP contribution >= 0.6 is 7.82 Å². The Bertz CT molecular complexity index is 1760. The summed E-state index contributed by atoms with van der Waals surface area (Å²) in [6.45, 7) is 3.87. The summed E-state index contributed by atoms with van der Waals surface area (Å²) in [4.78, 5) is 37.7. The van der Waals surface area contributed by atoms with E-state index in [-0.39, 0.29) is 26.1 Å². The maximum Gasteiger partial charge on any atom is 0.309 e. The lowest BCUT2D eigenvalue weighted by atomic mass is 10.0. The Morgan fingerprint density at radius 2 is 0.770 bits per heavy atom. The van der Waals surface area contributed by atoms with Crippen LogP contribution in [0.3, 0.4) is 0 Å². The van der Waals surface area contributed by atoms with Gasteiger partial charge in [-0.15, -0.1) is 0 Å². The van der Waals surface area contributed by atoms with Crippen LogP contribution in [0.2, 0.25) is 0 Å². The fraction of sp³-hybridized carbons (Fsp3) is 0.594. The number of carbonyl (C=O) groups excluding carboxylic acids is 2. The highest BCUT2D eigenvalue weighted by molar-refractivity contribution is 7.45. The Kier molecular flexibility index (Phi) is 50.7. The number of quaternary nitrogens is 1. The van der Waals surface area contributed by atoms with E-state index in [0.29, 0.717) is 23.9 Å². The van der Waals surface area contributed by atoms with Gasteiger partial charge in [-0.2, -0.15) is 0 Å². The summed E-state index contributed by atoms with van der Waals surface area (Å²) >= 11 is 0. The lowest BCUT2D eigenvalue weighted by Crippen LogP contribution is -2.37. The van der Waals surface area contributed by atoms with Crippen LogP contribution in [0.5, 0.6) is 0 Å². The third kappa shape index (κ3) is 57.2. The average Bonchev–Trinajstić information content (AvgIpc) is 3.36. The second kappa shape index (κ2) is 53.7. The first-order chi connectivity index (χ1) is 36.0. The number of esters is 2. The van der Waals surface area contributed by atoms with Gasteiger partial charge in [0.05, 0.1) is 34.2 Å². The molecule has 0 heterocycles. The molecule has 0 amide bonds. The Balaban J connectivity index is 4.17. The van der Waals surface area contributed by atoms with E-state index in [1.807, 2.05) is 33.3 Å². The quantitative estimate of drug-likeness (QED) is 0.0195. The third-order valence-corrected chi connectivity index (χ3v) is 12.4. The molecule has 2 atom stereocenters. The Hall–Kier alpha value is -4.11. The van der Waals surface area contributed by atoms with Crippen molar-refractivity contribution in [2.24, 2.45) is 0 Å². The number of hydrogen-bond acceptors (Lipinski definition) is 8. The number of allylic oxidation sites excluding steroid dienone is 23. The van der Waals surface area contributed by atoms with E-state index in [1.54, 1.807) is 6.08 Å². The normalized spacial score (nSPS) is 14.4. The molecule has 0 aromatic carbocycles. The first-order valence-electron chi connectivity index (χ1n) is 28.5. The predicted octanol–water partition coefficient (Wildman–Crippen LogP) is 17.3. The number of hydrogen-bond donors (Lipinski definition) is 0. The fourth-order valence-electron chi connectivity index (χ4n) is 7.06. The van der Waals surface area contributed by atoms with Crippen LogP contribution in [-0.2, 0) is 32.7 Å². The van der Waals surface area contributed by atoms with Gasteiger partial charge in [0.25, 0.3) is 7.82 Å². The van der Waals surface area contributed by atoms with Gasteiger partial charge in [-0.3, -0.25) is 14.2 Å². The number of phosphoric ester groups is 1. The van der Waals surface area contributed by atoms with Gasteiger partial charge < -0.3 is 27.9 Å². The molecule has 0 aliphatic carbocycles. The molecule has 0 bridgehead atoms. The first kappa shape index (κ1) is 69.9. The third-order valence-electron chi connectivity index (χ3n) is 11.4. The molecule has 74 heavy (non-hydrogen) atoms. The number of carbonyl (C=O) groups is 2. The second-order valence-corrected chi connectivity index (χ2v) is 21.0. The molecule has 0 aromatic heterocycles. The van der Waals surface area contributed by atoms with Crippen molar-refractivity contribution >= 4 is 19.8 Å². The monoisotopic (exact) mass is 1050 g/mol. The Morgan fingerprint density at radius 1 is 0.432 bits per heavy atom. The van der Waals surface area contributed by atoms with Crippen LogP contribution in [0.1, 0.15) is 194 Å². The summed E-state index contributed by atoms with van der Waals surface area (Å²) in [7, 11) is 1.10. The Labute approximate surface area is 453 Å². The van der Waals surface area contributed by atoms with Crippen LogP contribution in [0.4, 0.5) is 0 Å². The first-order valence-corrected chi connectivity index (χ1v) is 30.0. The largest absolute Gasteiger partial charge is 0.756 e. The molecule has 0 spiro atoms. The molecule has 0 radical (unpaired) electrons. The summed E-state index contributed by atoms with van der Waals surface area (Å²) in [6, 6.07) is 0. The van der Waals surface area contributed by atoms with Gasteiger partial charge in [0.1, 0.15) is 19.8 Å². The minimum Gasteiger partial charge on any atom is -0.756 e. The maximum atomic E-state index is 12.8.